The highest BCUT2D eigenvalue weighted by atomic mass is 16.3. The van der Waals surface area contributed by atoms with Crippen LogP contribution in [0.15, 0.2) is 160 Å². The van der Waals surface area contributed by atoms with Gasteiger partial charge in [0.25, 0.3) is 0 Å². The van der Waals surface area contributed by atoms with Gasteiger partial charge in [-0.2, -0.15) is 0 Å². The summed E-state index contributed by atoms with van der Waals surface area (Å²) < 4.78 is 13.0. The Hall–Kier alpha value is -6.06. The second-order valence-electron chi connectivity index (χ2n) is 13.3. The van der Waals surface area contributed by atoms with Crippen LogP contribution in [0.2, 0.25) is 0 Å². The summed E-state index contributed by atoms with van der Waals surface area (Å²) in [5, 5.41) is 4.59. The number of hydrogen-bond donors (Lipinski definition) is 0. The van der Waals surface area contributed by atoms with Gasteiger partial charge in [-0.15, -0.1) is 0 Å². The first-order valence-corrected chi connectivity index (χ1v) is 16.5. The number of furan rings is 2. The summed E-state index contributed by atoms with van der Waals surface area (Å²) in [4.78, 5) is 2.34. The minimum atomic E-state index is -0.146. The molecule has 3 nitrogen and oxygen atoms in total. The molecule has 1 aliphatic carbocycles. The van der Waals surface area contributed by atoms with Crippen molar-refractivity contribution >= 4 is 60.9 Å². The van der Waals surface area contributed by atoms with E-state index in [1.165, 1.54) is 22.3 Å². The molecule has 48 heavy (non-hydrogen) atoms. The van der Waals surface area contributed by atoms with Gasteiger partial charge in [-0.3, -0.25) is 0 Å². The fraction of sp³-hybridized carbons (Fsp3) is 0.0667. The van der Waals surface area contributed by atoms with Crippen molar-refractivity contribution < 1.29 is 8.83 Å². The van der Waals surface area contributed by atoms with Crippen LogP contribution in [0.1, 0.15) is 25.0 Å². The third-order valence-electron chi connectivity index (χ3n) is 10.3. The molecular weight excluding hydrogens is 587 g/mol. The number of rotatable bonds is 4. The highest BCUT2D eigenvalue weighted by molar-refractivity contribution is 6.12. The standard InChI is InChI=1S/C45H31NO2/c1-45(2)38-25-23-31(27-37(38)42-39(45)26-24-36-34-14-7-9-18-41(34)48-44(36)42)46(29-11-4-3-5-12-29)30-21-19-28(20-22-30)32-15-10-16-35-33-13-6-8-17-40(33)47-43(32)35/h3-27H,1-2H3. The minimum absolute atomic E-state index is 0.146. The summed E-state index contributed by atoms with van der Waals surface area (Å²) in [6.07, 6.45) is 0. The second kappa shape index (κ2) is 9.97. The monoisotopic (exact) mass is 617 g/mol. The summed E-state index contributed by atoms with van der Waals surface area (Å²) >= 11 is 0. The number of nitrogens with zero attached hydrogens (tertiary/aromatic N) is 1. The van der Waals surface area contributed by atoms with Gasteiger partial charge in [0.1, 0.15) is 22.3 Å². The number of anilines is 3. The molecule has 0 unspecified atom stereocenters. The topological polar surface area (TPSA) is 29.5 Å². The van der Waals surface area contributed by atoms with Gasteiger partial charge in [0, 0.05) is 55.1 Å². The van der Waals surface area contributed by atoms with E-state index in [9.17, 15) is 0 Å². The molecule has 2 aromatic heterocycles. The molecule has 0 aliphatic heterocycles. The molecule has 0 bridgehead atoms. The van der Waals surface area contributed by atoms with Crippen molar-refractivity contribution in [1.82, 2.24) is 0 Å². The van der Waals surface area contributed by atoms with E-state index in [1.54, 1.807) is 0 Å². The Bertz CT molecular complexity index is 2690. The first-order valence-electron chi connectivity index (χ1n) is 16.5. The number of para-hydroxylation sites is 4. The van der Waals surface area contributed by atoms with Crippen molar-refractivity contribution in [2.75, 3.05) is 4.90 Å². The molecule has 0 saturated carbocycles. The van der Waals surface area contributed by atoms with Crippen molar-refractivity contribution in [3.63, 3.8) is 0 Å². The SMILES string of the molecule is CC1(C)c2ccc(N(c3ccccc3)c3ccc(-c4cccc5c4oc4ccccc45)cc3)cc2-c2c1ccc1c2oc2ccccc21. The summed E-state index contributed by atoms with van der Waals surface area (Å²) in [6.45, 7) is 4.64. The Morgan fingerprint density at radius 1 is 0.438 bits per heavy atom. The third-order valence-corrected chi connectivity index (χ3v) is 10.3. The van der Waals surface area contributed by atoms with Crippen LogP contribution in [-0.4, -0.2) is 0 Å². The van der Waals surface area contributed by atoms with E-state index in [1.807, 2.05) is 18.2 Å². The summed E-state index contributed by atoms with van der Waals surface area (Å²) in [5.74, 6) is 0. The molecule has 10 rings (SSSR count). The molecule has 0 radical (unpaired) electrons. The van der Waals surface area contributed by atoms with Crippen LogP contribution in [0, 0.1) is 0 Å². The van der Waals surface area contributed by atoms with Crippen LogP contribution in [0.5, 0.6) is 0 Å². The van der Waals surface area contributed by atoms with E-state index in [0.29, 0.717) is 0 Å². The quantitative estimate of drug-likeness (QED) is 0.197. The summed E-state index contributed by atoms with van der Waals surface area (Å²) in [5.41, 5.74) is 14.1. The van der Waals surface area contributed by atoms with Gasteiger partial charge < -0.3 is 13.7 Å². The Labute approximate surface area is 278 Å². The largest absolute Gasteiger partial charge is 0.455 e. The van der Waals surface area contributed by atoms with Gasteiger partial charge in [0.2, 0.25) is 0 Å². The van der Waals surface area contributed by atoms with Gasteiger partial charge in [0.15, 0.2) is 0 Å². The van der Waals surface area contributed by atoms with Crippen LogP contribution < -0.4 is 4.90 Å². The van der Waals surface area contributed by atoms with Crippen molar-refractivity contribution in [3.8, 4) is 22.3 Å². The molecule has 9 aromatic rings. The lowest BCUT2D eigenvalue weighted by Crippen LogP contribution is -2.15. The Kier molecular flexibility index (Phi) is 5.63. The molecule has 2 heterocycles. The molecule has 7 aromatic carbocycles. The predicted molar refractivity (Wildman–Crippen MR) is 199 cm³/mol. The summed E-state index contributed by atoms with van der Waals surface area (Å²) in [7, 11) is 0. The average molecular weight is 618 g/mol. The van der Waals surface area contributed by atoms with Crippen LogP contribution >= 0.6 is 0 Å². The van der Waals surface area contributed by atoms with Gasteiger partial charge >= 0.3 is 0 Å². The highest BCUT2D eigenvalue weighted by Gasteiger charge is 2.38. The zero-order valence-corrected chi connectivity index (χ0v) is 26.7. The Morgan fingerprint density at radius 2 is 1.02 bits per heavy atom. The van der Waals surface area contributed by atoms with Gasteiger partial charge in [0.05, 0.1) is 0 Å². The van der Waals surface area contributed by atoms with E-state index in [2.05, 4.69) is 152 Å². The van der Waals surface area contributed by atoms with Gasteiger partial charge in [-0.25, -0.2) is 0 Å². The predicted octanol–water partition coefficient (Wildman–Crippen LogP) is 12.9. The number of hydrogen-bond acceptors (Lipinski definition) is 3. The normalized spacial score (nSPS) is 13.4. The number of fused-ring (bicyclic) bond motifs is 10. The van der Waals surface area contributed by atoms with E-state index in [4.69, 9.17) is 8.83 Å². The lowest BCUT2D eigenvalue weighted by molar-refractivity contribution is 0.653. The van der Waals surface area contributed by atoms with Crippen LogP contribution in [0.3, 0.4) is 0 Å². The molecule has 0 N–H and O–H groups in total. The van der Waals surface area contributed by atoms with Crippen LogP contribution in [0.25, 0.3) is 66.1 Å². The molecule has 0 saturated heterocycles. The van der Waals surface area contributed by atoms with Crippen molar-refractivity contribution in [3.05, 3.63) is 163 Å². The van der Waals surface area contributed by atoms with Crippen molar-refractivity contribution in [2.45, 2.75) is 19.3 Å². The van der Waals surface area contributed by atoms with E-state index >= 15 is 0 Å². The van der Waals surface area contributed by atoms with Crippen LogP contribution in [-0.2, 0) is 5.41 Å². The maximum absolute atomic E-state index is 6.60. The van der Waals surface area contributed by atoms with Gasteiger partial charge in [-0.05, 0) is 70.8 Å². The molecule has 3 heteroatoms. The second-order valence-corrected chi connectivity index (χ2v) is 13.3. The van der Waals surface area contributed by atoms with E-state index < -0.39 is 0 Å². The molecule has 1 aliphatic rings. The first kappa shape index (κ1) is 27.1. The van der Waals surface area contributed by atoms with E-state index in [0.717, 1.165) is 72.1 Å². The summed E-state index contributed by atoms with van der Waals surface area (Å²) in [6, 6.07) is 53.9. The maximum atomic E-state index is 6.60. The fourth-order valence-corrected chi connectivity index (χ4v) is 7.93. The molecule has 0 amide bonds. The molecule has 228 valence electrons. The molecule has 0 atom stereocenters. The van der Waals surface area contributed by atoms with Gasteiger partial charge in [-0.1, -0.05) is 117 Å². The minimum Gasteiger partial charge on any atom is -0.455 e. The zero-order valence-electron chi connectivity index (χ0n) is 26.7. The molecule has 0 fully saturated rings. The van der Waals surface area contributed by atoms with E-state index in [-0.39, 0.29) is 5.41 Å². The lowest BCUT2D eigenvalue weighted by Gasteiger charge is -2.27. The Balaban J connectivity index is 1.13. The average Bonchev–Trinajstić information content (AvgIpc) is 3.77. The lowest BCUT2D eigenvalue weighted by atomic mass is 9.82. The van der Waals surface area contributed by atoms with Crippen LogP contribution in [0.4, 0.5) is 17.1 Å². The third kappa shape index (κ3) is 3.82. The van der Waals surface area contributed by atoms with Crippen molar-refractivity contribution in [2.24, 2.45) is 0 Å². The molecular formula is C45H31NO2. The zero-order chi connectivity index (χ0) is 32.0. The smallest absolute Gasteiger partial charge is 0.143 e. The fourth-order valence-electron chi connectivity index (χ4n) is 7.93. The van der Waals surface area contributed by atoms with Crippen molar-refractivity contribution in [1.29, 1.82) is 0 Å². The molecule has 0 spiro atoms. The maximum Gasteiger partial charge on any atom is 0.143 e. The Morgan fingerprint density at radius 3 is 1.77 bits per heavy atom. The number of benzene rings is 7. The highest BCUT2D eigenvalue weighted by Crippen LogP contribution is 2.54. The first-order chi connectivity index (χ1) is 23.6.